The van der Waals surface area contributed by atoms with E-state index in [9.17, 15) is 9.59 Å². The highest BCUT2D eigenvalue weighted by Gasteiger charge is 2.41. The monoisotopic (exact) mass is 461 g/mol. The molecule has 1 atom stereocenters. The van der Waals surface area contributed by atoms with Crippen molar-refractivity contribution in [3.63, 3.8) is 0 Å². The Morgan fingerprint density at radius 2 is 1.79 bits per heavy atom. The molecule has 0 N–H and O–H groups in total. The fourth-order valence-corrected chi connectivity index (χ4v) is 5.00. The van der Waals surface area contributed by atoms with Gasteiger partial charge in [-0.15, -0.1) is 0 Å². The van der Waals surface area contributed by atoms with Crippen LogP contribution in [0.3, 0.4) is 0 Å². The molecule has 7 heteroatoms. The van der Waals surface area contributed by atoms with Crippen LogP contribution < -0.4 is 0 Å². The van der Waals surface area contributed by atoms with Crippen LogP contribution >= 0.6 is 11.8 Å². The standard InChI is InChI=1S/C26H27N3O3S/c1-17-10-12-20(13-11-17)24-23(25(31)32-4)18(2)27-26-29(24)21(16-33-26)14-22(30)28(3)15-19-8-6-5-7-9-19/h5-13,16,24H,14-15H2,1-4H3/t24-/m0/s1. The van der Waals surface area contributed by atoms with Crippen LogP contribution in [0, 0.1) is 6.92 Å². The lowest BCUT2D eigenvalue weighted by molar-refractivity contribution is -0.136. The first-order valence-corrected chi connectivity index (χ1v) is 11.6. The molecule has 0 radical (unpaired) electrons. The number of rotatable bonds is 6. The van der Waals surface area contributed by atoms with Crippen LogP contribution in [0.4, 0.5) is 0 Å². The van der Waals surface area contributed by atoms with Crippen LogP contribution in [0.1, 0.15) is 36.1 Å². The average Bonchev–Trinajstić information content (AvgIpc) is 3.20. The summed E-state index contributed by atoms with van der Waals surface area (Å²) in [6, 6.07) is 17.6. The summed E-state index contributed by atoms with van der Waals surface area (Å²) in [6.45, 7) is 4.39. The molecule has 2 aliphatic heterocycles. The summed E-state index contributed by atoms with van der Waals surface area (Å²) in [5.74, 6) is -0.412. The number of hydrogen-bond donors (Lipinski definition) is 0. The Bertz CT molecular complexity index is 1150. The molecule has 2 aliphatic rings. The van der Waals surface area contributed by atoms with E-state index in [2.05, 4.69) is 4.99 Å². The van der Waals surface area contributed by atoms with Crippen molar-refractivity contribution in [2.45, 2.75) is 32.9 Å². The minimum atomic E-state index is -0.412. The van der Waals surface area contributed by atoms with Crippen molar-refractivity contribution in [1.29, 1.82) is 0 Å². The highest BCUT2D eigenvalue weighted by molar-refractivity contribution is 8.16. The first-order chi connectivity index (χ1) is 15.9. The molecule has 6 nitrogen and oxygen atoms in total. The molecule has 33 heavy (non-hydrogen) atoms. The zero-order chi connectivity index (χ0) is 23.5. The summed E-state index contributed by atoms with van der Waals surface area (Å²) in [5.41, 5.74) is 5.10. The van der Waals surface area contributed by atoms with Gasteiger partial charge < -0.3 is 14.5 Å². The number of methoxy groups -OCH3 is 1. The molecular weight excluding hydrogens is 434 g/mol. The zero-order valence-electron chi connectivity index (χ0n) is 19.2. The van der Waals surface area contributed by atoms with E-state index < -0.39 is 12.0 Å². The smallest absolute Gasteiger partial charge is 0.338 e. The van der Waals surface area contributed by atoms with Gasteiger partial charge in [0.15, 0.2) is 5.17 Å². The number of fused-ring (bicyclic) bond motifs is 1. The molecular formula is C26H27N3O3S. The van der Waals surface area contributed by atoms with Crippen molar-refractivity contribution in [1.82, 2.24) is 9.80 Å². The van der Waals surface area contributed by atoms with Crippen LogP contribution in [0.2, 0.25) is 0 Å². The van der Waals surface area contributed by atoms with E-state index in [0.717, 1.165) is 27.6 Å². The van der Waals surface area contributed by atoms with Crippen LogP contribution in [-0.2, 0) is 20.9 Å². The molecule has 1 amide bonds. The topological polar surface area (TPSA) is 62.2 Å². The second kappa shape index (κ2) is 9.67. The third-order valence-electron chi connectivity index (χ3n) is 5.82. The number of allylic oxidation sites excluding steroid dienone is 1. The van der Waals surface area contributed by atoms with Crippen molar-refractivity contribution < 1.29 is 14.3 Å². The first kappa shape index (κ1) is 22.9. The number of esters is 1. The Morgan fingerprint density at radius 3 is 2.45 bits per heavy atom. The molecule has 170 valence electrons. The van der Waals surface area contributed by atoms with E-state index >= 15 is 0 Å². The highest BCUT2D eigenvalue weighted by Crippen LogP contribution is 2.44. The molecule has 0 unspecified atom stereocenters. The minimum absolute atomic E-state index is 0.000465. The number of amides is 1. The van der Waals surface area contributed by atoms with Gasteiger partial charge in [0, 0.05) is 19.3 Å². The van der Waals surface area contributed by atoms with Crippen molar-refractivity contribution in [3.05, 3.63) is 93.7 Å². The summed E-state index contributed by atoms with van der Waals surface area (Å²) >= 11 is 1.48. The first-order valence-electron chi connectivity index (χ1n) is 10.8. The van der Waals surface area contributed by atoms with Gasteiger partial charge >= 0.3 is 5.97 Å². The SMILES string of the molecule is COC(=O)C1=C(C)N=C2SC=C(CC(=O)N(C)Cc3ccccc3)N2[C@H]1c1ccc(C)cc1. The van der Waals surface area contributed by atoms with Crippen LogP contribution in [-0.4, -0.2) is 41.0 Å². The quantitative estimate of drug-likeness (QED) is 0.579. The molecule has 4 rings (SSSR count). The Labute approximate surface area is 198 Å². The second-order valence-corrected chi connectivity index (χ2v) is 9.04. The zero-order valence-corrected chi connectivity index (χ0v) is 20.1. The van der Waals surface area contributed by atoms with Gasteiger partial charge in [-0.1, -0.05) is 71.9 Å². The lowest BCUT2D eigenvalue weighted by Gasteiger charge is -2.36. The molecule has 2 aromatic carbocycles. The molecule has 0 spiro atoms. The number of thioether (sulfide) groups is 1. The van der Waals surface area contributed by atoms with E-state index in [-0.39, 0.29) is 12.3 Å². The van der Waals surface area contributed by atoms with Gasteiger partial charge in [0.1, 0.15) is 0 Å². The maximum absolute atomic E-state index is 13.1. The second-order valence-electron chi connectivity index (χ2n) is 8.21. The number of carbonyl (C=O) groups excluding carboxylic acids is 2. The molecule has 0 bridgehead atoms. The van der Waals surface area contributed by atoms with Crippen LogP contribution in [0.5, 0.6) is 0 Å². The Balaban J connectivity index is 1.63. The van der Waals surface area contributed by atoms with Crippen molar-refractivity contribution in [3.8, 4) is 0 Å². The van der Waals surface area contributed by atoms with E-state index in [1.807, 2.05) is 85.8 Å². The summed E-state index contributed by atoms with van der Waals surface area (Å²) < 4.78 is 5.11. The van der Waals surface area contributed by atoms with Gasteiger partial charge in [-0.3, -0.25) is 4.79 Å². The fraction of sp³-hybridized carbons (Fsp3) is 0.269. The molecule has 2 heterocycles. The number of nitrogens with zero attached hydrogens (tertiary/aromatic N) is 3. The van der Waals surface area contributed by atoms with E-state index in [1.54, 1.807) is 4.90 Å². The number of aliphatic imine (C=N–C) groups is 1. The van der Waals surface area contributed by atoms with Gasteiger partial charge in [0.2, 0.25) is 5.91 Å². The largest absolute Gasteiger partial charge is 0.466 e. The summed E-state index contributed by atoms with van der Waals surface area (Å²) in [6.07, 6.45) is 0.214. The molecule has 0 fully saturated rings. The molecule has 2 aromatic rings. The number of amidine groups is 1. The highest BCUT2D eigenvalue weighted by atomic mass is 32.2. The van der Waals surface area contributed by atoms with Crippen molar-refractivity contribution >= 4 is 28.8 Å². The minimum Gasteiger partial charge on any atom is -0.466 e. The van der Waals surface area contributed by atoms with E-state index in [1.165, 1.54) is 18.9 Å². The summed E-state index contributed by atoms with van der Waals surface area (Å²) in [4.78, 5) is 34.3. The van der Waals surface area contributed by atoms with Crippen LogP contribution in [0.15, 0.2) is 82.0 Å². The summed E-state index contributed by atoms with van der Waals surface area (Å²) in [5, 5.41) is 2.72. The third-order valence-corrected chi connectivity index (χ3v) is 6.71. The number of ether oxygens (including phenoxy) is 1. The van der Waals surface area contributed by atoms with Crippen LogP contribution in [0.25, 0.3) is 0 Å². The average molecular weight is 462 g/mol. The number of carbonyl (C=O) groups is 2. The van der Waals surface area contributed by atoms with E-state index in [0.29, 0.717) is 17.8 Å². The number of hydrogen-bond acceptors (Lipinski definition) is 6. The van der Waals surface area contributed by atoms with Gasteiger partial charge in [-0.05, 0) is 30.4 Å². The third kappa shape index (κ3) is 4.73. The lowest BCUT2D eigenvalue weighted by Crippen LogP contribution is -2.38. The van der Waals surface area contributed by atoms with E-state index in [4.69, 9.17) is 4.74 Å². The molecule has 0 saturated carbocycles. The number of aryl methyl sites for hydroxylation is 1. The van der Waals surface area contributed by atoms with Gasteiger partial charge in [0.25, 0.3) is 0 Å². The lowest BCUT2D eigenvalue weighted by atomic mass is 9.93. The Hall–Kier alpha value is -3.32. The fourth-order valence-electron chi connectivity index (χ4n) is 4.04. The summed E-state index contributed by atoms with van der Waals surface area (Å²) in [7, 11) is 3.19. The maximum atomic E-state index is 13.1. The maximum Gasteiger partial charge on any atom is 0.338 e. The molecule has 0 saturated heterocycles. The number of benzene rings is 2. The van der Waals surface area contributed by atoms with Gasteiger partial charge in [-0.2, -0.15) is 0 Å². The normalized spacial score (nSPS) is 17.3. The van der Waals surface area contributed by atoms with Gasteiger partial charge in [0.05, 0.1) is 30.8 Å². The Kier molecular flexibility index (Phi) is 6.70. The van der Waals surface area contributed by atoms with Gasteiger partial charge in [-0.25, -0.2) is 9.79 Å². The predicted molar refractivity (Wildman–Crippen MR) is 131 cm³/mol. The van der Waals surface area contributed by atoms with Crippen molar-refractivity contribution in [2.75, 3.05) is 14.2 Å². The Morgan fingerprint density at radius 1 is 1.09 bits per heavy atom. The predicted octanol–water partition coefficient (Wildman–Crippen LogP) is 4.79. The molecule has 0 aromatic heterocycles. The molecule has 0 aliphatic carbocycles. The van der Waals surface area contributed by atoms with Crippen molar-refractivity contribution in [2.24, 2.45) is 4.99 Å².